The van der Waals surface area contributed by atoms with Gasteiger partial charge in [-0.3, -0.25) is 0 Å². The Morgan fingerprint density at radius 1 is 1.33 bits per heavy atom. The van der Waals surface area contributed by atoms with E-state index in [1.54, 1.807) is 0 Å². The molecule has 21 heavy (non-hydrogen) atoms. The Kier molecular flexibility index (Phi) is 6.61. The van der Waals surface area contributed by atoms with Crippen LogP contribution in [0.25, 0.3) is 0 Å². The van der Waals surface area contributed by atoms with Crippen LogP contribution in [0.2, 0.25) is 0 Å². The molecule has 0 heterocycles. The second kappa shape index (κ2) is 8.21. The number of carboxylic acid groups (broad SMARTS) is 1. The van der Waals surface area contributed by atoms with Crippen LogP contribution in [0.5, 0.6) is 0 Å². The van der Waals surface area contributed by atoms with Crippen LogP contribution in [0, 0.1) is 5.82 Å². The number of hydrogen-bond donors (Lipinski definition) is 3. The van der Waals surface area contributed by atoms with E-state index in [1.807, 2.05) is 6.92 Å². The van der Waals surface area contributed by atoms with E-state index < -0.39 is 17.8 Å². The predicted octanol–water partition coefficient (Wildman–Crippen LogP) is 2.15. The largest absolute Gasteiger partial charge is 0.478 e. The van der Waals surface area contributed by atoms with E-state index in [9.17, 15) is 14.0 Å². The van der Waals surface area contributed by atoms with Gasteiger partial charge in [-0.2, -0.15) is 0 Å². The van der Waals surface area contributed by atoms with Crippen LogP contribution < -0.4 is 5.32 Å². The van der Waals surface area contributed by atoms with Crippen molar-refractivity contribution in [2.24, 2.45) is 0 Å². The maximum absolute atomic E-state index is 13.7. The average molecular weight is 298 g/mol. The SMILES string of the molecule is CCCCN(CCO)C(=O)Nc1c(F)cccc1C(=O)O. The van der Waals surface area contributed by atoms with Crippen molar-refractivity contribution in [3.8, 4) is 0 Å². The third-order valence-corrected chi connectivity index (χ3v) is 2.91. The molecule has 3 N–H and O–H groups in total. The molecule has 116 valence electrons. The van der Waals surface area contributed by atoms with Crippen LogP contribution in [0.1, 0.15) is 30.1 Å². The number of halogens is 1. The van der Waals surface area contributed by atoms with Gasteiger partial charge in [0.2, 0.25) is 0 Å². The summed E-state index contributed by atoms with van der Waals surface area (Å²) in [6.45, 7) is 2.23. The first-order valence-electron chi connectivity index (χ1n) is 6.69. The molecule has 0 radical (unpaired) electrons. The van der Waals surface area contributed by atoms with Gasteiger partial charge in [0.05, 0.1) is 17.9 Å². The molecule has 1 aromatic carbocycles. The summed E-state index contributed by atoms with van der Waals surface area (Å²) in [5.74, 6) is -2.14. The molecule has 0 aromatic heterocycles. The highest BCUT2D eigenvalue weighted by molar-refractivity contribution is 6.00. The quantitative estimate of drug-likeness (QED) is 0.719. The smallest absolute Gasteiger partial charge is 0.337 e. The van der Waals surface area contributed by atoms with Crippen molar-refractivity contribution in [2.45, 2.75) is 19.8 Å². The number of urea groups is 1. The van der Waals surface area contributed by atoms with Crippen LogP contribution in [-0.2, 0) is 0 Å². The molecule has 7 heteroatoms. The summed E-state index contributed by atoms with van der Waals surface area (Å²) < 4.78 is 13.7. The Bertz CT molecular complexity index is 508. The van der Waals surface area contributed by atoms with Gasteiger partial charge in [0.1, 0.15) is 5.82 Å². The van der Waals surface area contributed by atoms with E-state index in [-0.39, 0.29) is 24.4 Å². The lowest BCUT2D eigenvalue weighted by molar-refractivity contribution is 0.0697. The molecule has 0 atom stereocenters. The molecule has 0 aliphatic rings. The van der Waals surface area contributed by atoms with Gasteiger partial charge in [-0.15, -0.1) is 0 Å². The first-order valence-corrected chi connectivity index (χ1v) is 6.69. The Labute approximate surface area is 122 Å². The van der Waals surface area contributed by atoms with Gasteiger partial charge in [-0.05, 0) is 18.6 Å². The number of aliphatic hydroxyl groups excluding tert-OH is 1. The number of carbonyl (C=O) groups excluding carboxylic acids is 1. The molecule has 1 rings (SSSR count). The Balaban J connectivity index is 2.92. The molecule has 6 nitrogen and oxygen atoms in total. The number of anilines is 1. The molecular formula is C14H19FN2O4. The lowest BCUT2D eigenvalue weighted by atomic mass is 10.1. The average Bonchev–Trinajstić information content (AvgIpc) is 2.45. The van der Waals surface area contributed by atoms with E-state index in [0.29, 0.717) is 6.54 Å². The number of aromatic carboxylic acids is 1. The zero-order valence-corrected chi connectivity index (χ0v) is 11.8. The summed E-state index contributed by atoms with van der Waals surface area (Å²) in [7, 11) is 0. The van der Waals surface area contributed by atoms with E-state index in [2.05, 4.69) is 5.32 Å². The Morgan fingerprint density at radius 3 is 2.62 bits per heavy atom. The fourth-order valence-electron chi connectivity index (χ4n) is 1.80. The molecule has 2 amide bonds. The Morgan fingerprint density at radius 2 is 2.05 bits per heavy atom. The monoisotopic (exact) mass is 298 g/mol. The highest BCUT2D eigenvalue weighted by atomic mass is 19.1. The second-order valence-corrected chi connectivity index (χ2v) is 4.46. The van der Waals surface area contributed by atoms with Crippen molar-refractivity contribution < 1.29 is 24.2 Å². The maximum Gasteiger partial charge on any atom is 0.337 e. The van der Waals surface area contributed by atoms with Crippen molar-refractivity contribution in [3.63, 3.8) is 0 Å². The summed E-state index contributed by atoms with van der Waals surface area (Å²) >= 11 is 0. The zero-order chi connectivity index (χ0) is 15.8. The number of nitrogens with one attached hydrogen (secondary N) is 1. The molecule has 0 saturated carbocycles. The van der Waals surface area contributed by atoms with E-state index in [1.165, 1.54) is 17.0 Å². The van der Waals surface area contributed by atoms with Crippen LogP contribution in [0.3, 0.4) is 0 Å². The fourth-order valence-corrected chi connectivity index (χ4v) is 1.80. The number of carboxylic acids is 1. The molecule has 1 aromatic rings. The summed E-state index contributed by atoms with van der Waals surface area (Å²) in [6, 6.07) is 2.91. The standard InChI is InChI=1S/C14H19FN2O4/c1-2-3-7-17(8-9-18)14(21)16-12-10(13(19)20)5-4-6-11(12)15/h4-6,18H,2-3,7-9H2,1H3,(H,16,21)(H,19,20). The predicted molar refractivity (Wildman–Crippen MR) is 75.9 cm³/mol. The normalized spacial score (nSPS) is 10.2. The first-order chi connectivity index (χ1) is 10.0. The fraction of sp³-hybridized carbons (Fsp3) is 0.429. The lowest BCUT2D eigenvalue weighted by Crippen LogP contribution is -2.38. The van der Waals surface area contributed by atoms with Crippen molar-refractivity contribution in [1.82, 2.24) is 4.90 Å². The van der Waals surface area contributed by atoms with Crippen LogP contribution in [0.4, 0.5) is 14.9 Å². The summed E-state index contributed by atoms with van der Waals surface area (Å²) in [5, 5.41) is 20.2. The minimum absolute atomic E-state index is 0.0999. The molecule has 0 aliphatic carbocycles. The van der Waals surface area contributed by atoms with Crippen LogP contribution in [-0.4, -0.2) is 46.8 Å². The summed E-state index contributed by atoms with van der Waals surface area (Å²) in [6.07, 6.45) is 1.59. The molecule has 0 bridgehead atoms. The summed E-state index contributed by atoms with van der Waals surface area (Å²) in [5.41, 5.74) is -0.683. The number of unbranched alkanes of at least 4 members (excludes halogenated alkanes) is 1. The van der Waals surface area contributed by atoms with Gasteiger partial charge in [0.15, 0.2) is 0 Å². The van der Waals surface area contributed by atoms with E-state index in [4.69, 9.17) is 10.2 Å². The van der Waals surface area contributed by atoms with Crippen LogP contribution >= 0.6 is 0 Å². The topological polar surface area (TPSA) is 89.9 Å². The van der Waals surface area contributed by atoms with Gasteiger partial charge in [-0.1, -0.05) is 19.4 Å². The van der Waals surface area contributed by atoms with E-state index >= 15 is 0 Å². The highest BCUT2D eigenvalue weighted by Crippen LogP contribution is 2.20. The number of hydrogen-bond acceptors (Lipinski definition) is 3. The number of aliphatic hydroxyl groups is 1. The van der Waals surface area contributed by atoms with Crippen molar-refractivity contribution >= 4 is 17.7 Å². The molecule has 0 fully saturated rings. The van der Waals surface area contributed by atoms with Gasteiger partial charge >= 0.3 is 12.0 Å². The highest BCUT2D eigenvalue weighted by Gasteiger charge is 2.19. The van der Waals surface area contributed by atoms with Crippen molar-refractivity contribution in [3.05, 3.63) is 29.6 Å². The van der Waals surface area contributed by atoms with Gasteiger partial charge in [0, 0.05) is 13.1 Å². The molecular weight excluding hydrogens is 279 g/mol. The maximum atomic E-state index is 13.7. The molecule has 0 unspecified atom stereocenters. The lowest BCUT2D eigenvalue weighted by Gasteiger charge is -2.22. The minimum atomic E-state index is -1.33. The van der Waals surface area contributed by atoms with Gasteiger partial charge < -0.3 is 20.4 Å². The number of para-hydroxylation sites is 1. The zero-order valence-electron chi connectivity index (χ0n) is 11.8. The van der Waals surface area contributed by atoms with E-state index in [0.717, 1.165) is 18.9 Å². The van der Waals surface area contributed by atoms with Crippen molar-refractivity contribution in [1.29, 1.82) is 0 Å². The number of nitrogens with zero attached hydrogens (tertiary/aromatic N) is 1. The number of carbonyl (C=O) groups is 2. The molecule has 0 spiro atoms. The Hall–Kier alpha value is -2.15. The number of rotatable bonds is 7. The van der Waals surface area contributed by atoms with Gasteiger partial charge in [-0.25, -0.2) is 14.0 Å². The molecule has 0 saturated heterocycles. The van der Waals surface area contributed by atoms with Crippen LogP contribution in [0.15, 0.2) is 18.2 Å². The third-order valence-electron chi connectivity index (χ3n) is 2.91. The van der Waals surface area contributed by atoms with Gasteiger partial charge in [0.25, 0.3) is 0 Å². The minimum Gasteiger partial charge on any atom is -0.478 e. The van der Waals surface area contributed by atoms with Crippen molar-refractivity contribution in [2.75, 3.05) is 25.0 Å². The number of benzene rings is 1. The first kappa shape index (κ1) is 16.9. The third kappa shape index (κ3) is 4.71. The number of amides is 2. The molecule has 0 aliphatic heterocycles. The second-order valence-electron chi connectivity index (χ2n) is 4.46. The summed E-state index contributed by atoms with van der Waals surface area (Å²) in [4.78, 5) is 24.5.